The molecule has 0 saturated carbocycles. The highest BCUT2D eigenvalue weighted by Gasteiger charge is 2.35. The Hall–Kier alpha value is -3.51. The van der Waals surface area contributed by atoms with Gasteiger partial charge >= 0.3 is 0 Å². The molecule has 8 nitrogen and oxygen atoms in total. The molecule has 0 radical (unpaired) electrons. The van der Waals surface area contributed by atoms with E-state index in [1.807, 2.05) is 0 Å². The van der Waals surface area contributed by atoms with Gasteiger partial charge < -0.3 is 10.8 Å². The number of carbonyl (C=O) groups excluding carboxylic acids is 2. The average Bonchev–Trinajstić information content (AvgIpc) is 2.61. The molecule has 0 saturated heterocycles. The lowest BCUT2D eigenvalue weighted by Crippen LogP contribution is -2.24. The second-order valence-electron chi connectivity index (χ2n) is 5.30. The van der Waals surface area contributed by atoms with Gasteiger partial charge in [0.2, 0.25) is 5.71 Å². The number of hydrogen-bond acceptors (Lipinski definition) is 7. The van der Waals surface area contributed by atoms with E-state index in [4.69, 9.17) is 16.4 Å². The van der Waals surface area contributed by atoms with Crippen molar-refractivity contribution in [3.8, 4) is 11.8 Å². The van der Waals surface area contributed by atoms with Crippen LogP contribution in [0.2, 0.25) is 0 Å². The number of phenolic OH excluding ortho intramolecular Hbond substituents is 1. The van der Waals surface area contributed by atoms with Gasteiger partial charge in [0.1, 0.15) is 11.8 Å². The Kier molecular flexibility index (Phi) is 4.28. The highest BCUT2D eigenvalue weighted by Crippen LogP contribution is 2.41. The molecular formula is C17H10BrN5O3. The molecule has 9 heteroatoms. The van der Waals surface area contributed by atoms with Crippen LogP contribution in [0, 0.1) is 16.7 Å². The first-order valence-electron chi connectivity index (χ1n) is 7.19. The maximum absolute atomic E-state index is 12.9. The van der Waals surface area contributed by atoms with E-state index in [2.05, 4.69) is 26.5 Å². The van der Waals surface area contributed by atoms with E-state index < -0.39 is 23.1 Å². The van der Waals surface area contributed by atoms with Crippen molar-refractivity contribution in [2.24, 2.45) is 10.8 Å². The first kappa shape index (κ1) is 17.3. The number of hydrazone groups is 1. The van der Waals surface area contributed by atoms with Crippen LogP contribution in [0.3, 0.4) is 0 Å². The van der Waals surface area contributed by atoms with E-state index in [0.29, 0.717) is 0 Å². The van der Waals surface area contributed by atoms with E-state index >= 15 is 0 Å². The van der Waals surface area contributed by atoms with Gasteiger partial charge in [-0.05, 0) is 22.0 Å². The summed E-state index contributed by atoms with van der Waals surface area (Å²) in [4.78, 5) is 25.7. The minimum absolute atomic E-state index is 0.0785. The maximum Gasteiger partial charge on any atom is 0.201 e. The van der Waals surface area contributed by atoms with Gasteiger partial charge in [-0.2, -0.15) is 10.4 Å². The molecule has 0 fully saturated rings. The summed E-state index contributed by atoms with van der Waals surface area (Å²) in [6.07, 6.45) is 0. The summed E-state index contributed by atoms with van der Waals surface area (Å²) in [7, 11) is 0. The fraction of sp³-hybridized carbons (Fsp3) is 0. The van der Waals surface area contributed by atoms with Gasteiger partial charge in [-0.15, -0.1) is 0 Å². The van der Waals surface area contributed by atoms with Crippen molar-refractivity contribution < 1.29 is 14.7 Å². The Labute approximate surface area is 155 Å². The first-order valence-corrected chi connectivity index (χ1v) is 7.98. The molecule has 2 aromatic carbocycles. The fourth-order valence-corrected chi connectivity index (χ4v) is 3.11. The summed E-state index contributed by atoms with van der Waals surface area (Å²) < 4.78 is 0.249. The van der Waals surface area contributed by atoms with E-state index in [0.717, 1.165) is 0 Å². The lowest BCUT2D eigenvalue weighted by molar-refractivity contribution is 0.0977. The SMILES string of the molecule is N#C/C(=N\Nc1c(Br)cc(O)c2c1C(=O)c1ccccc1C2=O)C(=N)N. The summed E-state index contributed by atoms with van der Waals surface area (Å²) in [5, 5.41) is 30.1. The molecule has 0 heterocycles. The number of phenols is 1. The zero-order valence-corrected chi connectivity index (χ0v) is 14.6. The van der Waals surface area contributed by atoms with Gasteiger partial charge in [-0.25, -0.2) is 0 Å². The van der Waals surface area contributed by atoms with E-state index in [1.165, 1.54) is 18.2 Å². The predicted molar refractivity (Wildman–Crippen MR) is 97.7 cm³/mol. The molecule has 0 aliphatic heterocycles. The number of hydrogen-bond donors (Lipinski definition) is 4. The number of nitrogens with two attached hydrogens (primary N) is 1. The number of nitrogens with zero attached hydrogens (tertiary/aromatic N) is 2. The number of ketones is 2. The fourth-order valence-electron chi connectivity index (χ4n) is 2.61. The molecule has 5 N–H and O–H groups in total. The Bertz CT molecular complexity index is 1070. The lowest BCUT2D eigenvalue weighted by atomic mass is 9.83. The number of rotatable bonds is 3. The van der Waals surface area contributed by atoms with Crippen molar-refractivity contribution in [1.29, 1.82) is 10.7 Å². The van der Waals surface area contributed by atoms with E-state index in [-0.39, 0.29) is 38.2 Å². The third-order valence-corrected chi connectivity index (χ3v) is 4.39. The Morgan fingerprint density at radius 2 is 1.81 bits per heavy atom. The molecule has 26 heavy (non-hydrogen) atoms. The van der Waals surface area contributed by atoms with Crippen molar-refractivity contribution in [2.75, 3.05) is 5.43 Å². The second kappa shape index (κ2) is 6.42. The summed E-state index contributed by atoms with van der Waals surface area (Å²) in [6, 6.07) is 9.16. The zero-order chi connectivity index (χ0) is 19.0. The van der Waals surface area contributed by atoms with Crippen LogP contribution in [0.1, 0.15) is 31.8 Å². The van der Waals surface area contributed by atoms with E-state index in [9.17, 15) is 14.7 Å². The van der Waals surface area contributed by atoms with Crippen molar-refractivity contribution in [3.63, 3.8) is 0 Å². The standard InChI is InChI=1S/C17H10BrN5O3/c18-9-5-11(24)12-13(14(9)23-22-10(6-19)17(20)21)16(26)8-4-2-1-3-7(8)15(12)25/h1-5,23-24H,(H3,20,21)/b22-10+. The molecule has 0 bridgehead atoms. The second-order valence-corrected chi connectivity index (χ2v) is 6.16. The molecule has 0 amide bonds. The molecule has 0 atom stereocenters. The van der Waals surface area contributed by atoms with Crippen molar-refractivity contribution in [2.45, 2.75) is 0 Å². The topological polar surface area (TPSA) is 152 Å². The van der Waals surface area contributed by atoms with Gasteiger partial charge in [0, 0.05) is 15.6 Å². The number of carbonyl (C=O) groups is 2. The number of anilines is 1. The molecule has 1 aliphatic carbocycles. The first-order chi connectivity index (χ1) is 12.4. The Morgan fingerprint density at radius 3 is 2.35 bits per heavy atom. The quantitative estimate of drug-likeness (QED) is 0.224. The van der Waals surface area contributed by atoms with Crippen LogP contribution in [0.25, 0.3) is 0 Å². The van der Waals surface area contributed by atoms with Crippen LogP contribution in [-0.4, -0.2) is 28.2 Å². The Morgan fingerprint density at radius 1 is 1.23 bits per heavy atom. The van der Waals surface area contributed by atoms with Crippen molar-refractivity contribution in [3.05, 3.63) is 57.1 Å². The molecule has 128 valence electrons. The lowest BCUT2D eigenvalue weighted by Gasteiger charge is -2.21. The summed E-state index contributed by atoms with van der Waals surface area (Å²) in [5.74, 6) is -1.90. The summed E-state index contributed by atoms with van der Waals surface area (Å²) >= 11 is 3.20. The molecular weight excluding hydrogens is 402 g/mol. The summed E-state index contributed by atoms with van der Waals surface area (Å²) in [6.45, 7) is 0. The van der Waals surface area contributed by atoms with Gasteiger partial charge in [-0.3, -0.25) is 20.4 Å². The number of benzene rings is 2. The maximum atomic E-state index is 12.9. The highest BCUT2D eigenvalue weighted by atomic mass is 79.9. The van der Waals surface area contributed by atoms with Crippen molar-refractivity contribution >= 4 is 44.7 Å². The predicted octanol–water partition coefficient (Wildman–Crippen LogP) is 2.16. The van der Waals surface area contributed by atoms with Crippen LogP contribution in [0.4, 0.5) is 5.69 Å². The van der Waals surface area contributed by atoms with E-state index in [1.54, 1.807) is 18.2 Å². The molecule has 0 aromatic heterocycles. The van der Waals surface area contributed by atoms with Crippen LogP contribution in [-0.2, 0) is 0 Å². The zero-order valence-electron chi connectivity index (χ0n) is 13.0. The monoisotopic (exact) mass is 411 g/mol. The molecule has 3 rings (SSSR count). The Balaban J connectivity index is 2.24. The number of nitriles is 1. The largest absolute Gasteiger partial charge is 0.507 e. The van der Waals surface area contributed by atoms with Crippen LogP contribution < -0.4 is 11.2 Å². The number of aromatic hydroxyl groups is 1. The molecule has 0 unspecified atom stereocenters. The van der Waals surface area contributed by atoms with Gasteiger partial charge in [0.05, 0.1) is 16.8 Å². The third-order valence-electron chi connectivity index (χ3n) is 3.77. The van der Waals surface area contributed by atoms with Crippen LogP contribution >= 0.6 is 15.9 Å². The normalized spacial score (nSPS) is 12.8. The molecule has 2 aromatic rings. The molecule has 1 aliphatic rings. The number of fused-ring (bicyclic) bond motifs is 2. The van der Waals surface area contributed by atoms with Crippen LogP contribution in [0.5, 0.6) is 5.75 Å². The number of nitrogens with one attached hydrogen (secondary N) is 2. The smallest absolute Gasteiger partial charge is 0.201 e. The third kappa shape index (κ3) is 2.62. The number of halogens is 1. The number of amidine groups is 1. The minimum Gasteiger partial charge on any atom is -0.507 e. The molecule has 0 spiro atoms. The van der Waals surface area contributed by atoms with Gasteiger partial charge in [-0.1, -0.05) is 24.3 Å². The minimum atomic E-state index is -0.559. The summed E-state index contributed by atoms with van der Waals surface area (Å²) in [5.41, 5.74) is 7.58. The van der Waals surface area contributed by atoms with Crippen molar-refractivity contribution in [1.82, 2.24) is 0 Å². The van der Waals surface area contributed by atoms with Gasteiger partial charge in [0.25, 0.3) is 0 Å². The highest BCUT2D eigenvalue weighted by molar-refractivity contribution is 9.10. The van der Waals surface area contributed by atoms with Crippen LogP contribution in [0.15, 0.2) is 39.9 Å². The average molecular weight is 412 g/mol. The van der Waals surface area contributed by atoms with Gasteiger partial charge in [0.15, 0.2) is 17.4 Å².